The highest BCUT2D eigenvalue weighted by Gasteiger charge is 2.39. The smallest absolute Gasteiger partial charge is 0.272 e. The van der Waals surface area contributed by atoms with Crippen LogP contribution in [-0.4, -0.2) is 52.9 Å². The van der Waals surface area contributed by atoms with E-state index in [1.54, 1.807) is 0 Å². The number of benzene rings is 1. The molecule has 1 aromatic heterocycles. The molecule has 0 bridgehead atoms. The zero-order valence-corrected chi connectivity index (χ0v) is 14.5. The van der Waals surface area contributed by atoms with Crippen molar-refractivity contribution in [3.8, 4) is 0 Å². The Morgan fingerprint density at radius 3 is 2.67 bits per heavy atom. The predicted octanol–water partition coefficient (Wildman–Crippen LogP) is 3.24. The standard InChI is InChI=1S/C20H25N3O/c1-14-13-17(21-16-8-4-3-7-15(14)16)20(24)23-12-6-10-19(23)18-9-5-11-22(18)2/h3-4,7-8,13,18-19H,5-6,9-12H2,1-2H3. The van der Waals surface area contributed by atoms with Crippen molar-refractivity contribution in [1.82, 2.24) is 14.8 Å². The molecule has 2 saturated heterocycles. The lowest BCUT2D eigenvalue weighted by molar-refractivity contribution is 0.0659. The summed E-state index contributed by atoms with van der Waals surface area (Å²) in [5.74, 6) is 0.103. The Morgan fingerprint density at radius 2 is 1.88 bits per heavy atom. The van der Waals surface area contributed by atoms with Crippen LogP contribution in [0.4, 0.5) is 0 Å². The van der Waals surface area contributed by atoms with E-state index in [1.807, 2.05) is 24.3 Å². The second-order valence-corrected chi connectivity index (χ2v) is 7.24. The van der Waals surface area contributed by atoms with Crippen molar-refractivity contribution in [3.63, 3.8) is 0 Å². The number of likely N-dealkylation sites (tertiary alicyclic amines) is 2. The fourth-order valence-electron chi connectivity index (χ4n) is 4.47. The number of aromatic nitrogens is 1. The van der Waals surface area contributed by atoms with Gasteiger partial charge in [-0.25, -0.2) is 4.98 Å². The quantitative estimate of drug-likeness (QED) is 0.851. The van der Waals surface area contributed by atoms with Crippen LogP contribution in [0, 0.1) is 6.92 Å². The van der Waals surface area contributed by atoms with Crippen molar-refractivity contribution >= 4 is 16.8 Å². The van der Waals surface area contributed by atoms with Crippen LogP contribution in [0.2, 0.25) is 0 Å². The Kier molecular flexibility index (Phi) is 4.01. The molecule has 2 unspecified atom stereocenters. The number of hydrogen-bond donors (Lipinski definition) is 0. The van der Waals surface area contributed by atoms with Crippen molar-refractivity contribution in [3.05, 3.63) is 41.6 Å². The normalized spacial score (nSPS) is 24.8. The number of carbonyl (C=O) groups excluding carboxylic acids is 1. The van der Waals surface area contributed by atoms with Gasteiger partial charge in [0.25, 0.3) is 5.91 Å². The Morgan fingerprint density at radius 1 is 1.12 bits per heavy atom. The van der Waals surface area contributed by atoms with Crippen LogP contribution < -0.4 is 0 Å². The summed E-state index contributed by atoms with van der Waals surface area (Å²) in [5, 5.41) is 1.13. The van der Waals surface area contributed by atoms with E-state index < -0.39 is 0 Å². The molecule has 0 saturated carbocycles. The van der Waals surface area contributed by atoms with Crippen molar-refractivity contribution < 1.29 is 4.79 Å². The molecule has 0 radical (unpaired) electrons. The molecular formula is C20H25N3O. The van der Waals surface area contributed by atoms with Gasteiger partial charge >= 0.3 is 0 Å². The molecule has 4 nitrogen and oxygen atoms in total. The van der Waals surface area contributed by atoms with E-state index >= 15 is 0 Å². The number of carbonyl (C=O) groups is 1. The molecule has 0 aliphatic carbocycles. The largest absolute Gasteiger partial charge is 0.333 e. The molecule has 2 aliphatic heterocycles. The van der Waals surface area contributed by atoms with Crippen LogP contribution in [0.25, 0.3) is 10.9 Å². The van der Waals surface area contributed by atoms with Crippen molar-refractivity contribution in [2.75, 3.05) is 20.1 Å². The lowest BCUT2D eigenvalue weighted by Gasteiger charge is -2.33. The summed E-state index contributed by atoms with van der Waals surface area (Å²) >= 11 is 0. The minimum Gasteiger partial charge on any atom is -0.333 e. The maximum Gasteiger partial charge on any atom is 0.272 e. The number of nitrogens with zero attached hydrogens (tertiary/aromatic N) is 3. The monoisotopic (exact) mass is 323 g/mol. The first-order chi connectivity index (χ1) is 11.6. The number of rotatable bonds is 2. The summed E-state index contributed by atoms with van der Waals surface area (Å²) in [4.78, 5) is 22.3. The number of para-hydroxylation sites is 1. The summed E-state index contributed by atoms with van der Waals surface area (Å²) in [6.07, 6.45) is 4.67. The topological polar surface area (TPSA) is 36.4 Å². The maximum atomic E-state index is 13.2. The minimum absolute atomic E-state index is 0.103. The van der Waals surface area contributed by atoms with Gasteiger partial charge in [0.05, 0.1) is 5.52 Å². The summed E-state index contributed by atoms with van der Waals surface area (Å²) < 4.78 is 0. The number of likely N-dealkylation sites (N-methyl/N-ethyl adjacent to an activating group) is 1. The number of fused-ring (bicyclic) bond motifs is 1. The third kappa shape index (κ3) is 2.59. The average molecular weight is 323 g/mol. The van der Waals surface area contributed by atoms with Gasteiger partial charge in [-0.2, -0.15) is 0 Å². The van der Waals surface area contributed by atoms with Gasteiger partial charge in [-0.3, -0.25) is 4.79 Å². The maximum absolute atomic E-state index is 13.2. The molecule has 2 atom stereocenters. The molecule has 24 heavy (non-hydrogen) atoms. The molecule has 1 amide bonds. The fraction of sp³-hybridized carbons (Fsp3) is 0.500. The number of hydrogen-bond acceptors (Lipinski definition) is 3. The van der Waals surface area contributed by atoms with Crippen molar-refractivity contribution in [2.24, 2.45) is 0 Å². The van der Waals surface area contributed by atoms with E-state index in [-0.39, 0.29) is 5.91 Å². The average Bonchev–Trinajstić information content (AvgIpc) is 3.22. The van der Waals surface area contributed by atoms with E-state index in [9.17, 15) is 4.79 Å². The summed E-state index contributed by atoms with van der Waals surface area (Å²) in [5.41, 5.74) is 2.63. The predicted molar refractivity (Wildman–Crippen MR) is 96.2 cm³/mol. The van der Waals surface area contributed by atoms with E-state index in [1.165, 1.54) is 12.8 Å². The number of pyridine rings is 1. The third-order valence-corrected chi connectivity index (χ3v) is 5.72. The van der Waals surface area contributed by atoms with Gasteiger partial charge in [0, 0.05) is 24.0 Å². The van der Waals surface area contributed by atoms with E-state index in [0.29, 0.717) is 17.8 Å². The zero-order chi connectivity index (χ0) is 16.7. The molecular weight excluding hydrogens is 298 g/mol. The Bertz CT molecular complexity index is 773. The van der Waals surface area contributed by atoms with Crippen LogP contribution in [0.15, 0.2) is 30.3 Å². The minimum atomic E-state index is 0.103. The second-order valence-electron chi connectivity index (χ2n) is 7.24. The SMILES string of the molecule is Cc1cc(C(=O)N2CCCC2C2CCCN2C)nc2ccccc12. The van der Waals surface area contributed by atoms with Gasteiger partial charge in [-0.15, -0.1) is 0 Å². The first-order valence-electron chi connectivity index (χ1n) is 9.03. The summed E-state index contributed by atoms with van der Waals surface area (Å²) in [6, 6.07) is 10.9. The van der Waals surface area contributed by atoms with Gasteiger partial charge in [-0.1, -0.05) is 18.2 Å². The Hall–Kier alpha value is -1.94. The van der Waals surface area contributed by atoms with Gasteiger partial charge in [-0.05, 0) is 63.9 Å². The third-order valence-electron chi connectivity index (χ3n) is 5.72. The van der Waals surface area contributed by atoms with Crippen molar-refractivity contribution in [2.45, 2.75) is 44.7 Å². The first-order valence-corrected chi connectivity index (χ1v) is 9.03. The fourth-order valence-corrected chi connectivity index (χ4v) is 4.47. The zero-order valence-electron chi connectivity index (χ0n) is 14.5. The first kappa shape index (κ1) is 15.6. The molecule has 4 heteroatoms. The van der Waals surface area contributed by atoms with Crippen LogP contribution in [0.3, 0.4) is 0 Å². The molecule has 2 aromatic rings. The van der Waals surface area contributed by atoms with Crippen LogP contribution >= 0.6 is 0 Å². The number of aryl methyl sites for hydroxylation is 1. The highest BCUT2D eigenvalue weighted by Crippen LogP contribution is 2.30. The van der Waals surface area contributed by atoms with Crippen LogP contribution in [-0.2, 0) is 0 Å². The molecule has 4 rings (SSSR count). The Balaban J connectivity index is 1.65. The lowest BCUT2D eigenvalue weighted by atomic mass is 10.0. The lowest BCUT2D eigenvalue weighted by Crippen LogP contribution is -2.47. The molecule has 126 valence electrons. The van der Waals surface area contributed by atoms with E-state index in [2.05, 4.69) is 34.8 Å². The van der Waals surface area contributed by atoms with Gasteiger partial charge in [0.1, 0.15) is 5.69 Å². The molecule has 2 fully saturated rings. The highest BCUT2D eigenvalue weighted by atomic mass is 16.2. The van der Waals surface area contributed by atoms with Gasteiger partial charge < -0.3 is 9.80 Å². The van der Waals surface area contributed by atoms with Gasteiger partial charge in [0.15, 0.2) is 0 Å². The highest BCUT2D eigenvalue weighted by molar-refractivity contribution is 5.96. The molecule has 3 heterocycles. The van der Waals surface area contributed by atoms with Crippen molar-refractivity contribution in [1.29, 1.82) is 0 Å². The second kappa shape index (κ2) is 6.17. The van der Waals surface area contributed by atoms with Crippen LogP contribution in [0.5, 0.6) is 0 Å². The summed E-state index contributed by atoms with van der Waals surface area (Å²) in [6.45, 7) is 4.07. The molecule has 1 aromatic carbocycles. The number of amides is 1. The van der Waals surface area contributed by atoms with E-state index in [4.69, 9.17) is 0 Å². The molecule has 0 N–H and O–H groups in total. The van der Waals surface area contributed by atoms with E-state index in [0.717, 1.165) is 42.4 Å². The summed E-state index contributed by atoms with van der Waals surface area (Å²) in [7, 11) is 2.19. The molecule has 0 spiro atoms. The molecule has 2 aliphatic rings. The Labute approximate surface area is 143 Å². The van der Waals surface area contributed by atoms with Gasteiger partial charge in [0.2, 0.25) is 0 Å². The van der Waals surface area contributed by atoms with Crippen LogP contribution in [0.1, 0.15) is 41.7 Å².